The van der Waals surface area contributed by atoms with Crippen LogP contribution in [0.4, 0.5) is 42.1 Å². The van der Waals surface area contributed by atoms with E-state index < -0.39 is 35.4 Å². The molecule has 0 aliphatic heterocycles. The number of aryl methyl sites for hydroxylation is 1. The van der Waals surface area contributed by atoms with Crippen molar-refractivity contribution >= 4 is 57.5 Å². The summed E-state index contributed by atoms with van der Waals surface area (Å²) < 4.78 is 93.4. The summed E-state index contributed by atoms with van der Waals surface area (Å²) in [6, 6.07) is 12.8. The average molecular weight is 670 g/mol. The SMILES string of the molecule is CSc1ccc(NC(=O)c2c(I)cccc2C(=O)Nc2ccc(C(F)(C(F)(F)F)C(F)(F)F)cc2C)cc1. The molecule has 0 bridgehead atoms. The van der Waals surface area contributed by atoms with E-state index in [9.17, 15) is 40.3 Å². The largest absolute Gasteiger partial charge is 0.435 e. The van der Waals surface area contributed by atoms with Crippen LogP contribution < -0.4 is 10.6 Å². The minimum Gasteiger partial charge on any atom is -0.322 e. The molecule has 0 fully saturated rings. The van der Waals surface area contributed by atoms with Gasteiger partial charge in [-0.05, 0) is 83.8 Å². The van der Waals surface area contributed by atoms with Crippen LogP contribution in [0.25, 0.3) is 0 Å². The number of benzene rings is 3. The van der Waals surface area contributed by atoms with Crippen LogP contribution in [0.5, 0.6) is 0 Å². The zero-order valence-corrected chi connectivity index (χ0v) is 22.5. The van der Waals surface area contributed by atoms with E-state index in [0.717, 1.165) is 17.9 Å². The maximum Gasteiger partial charge on any atom is 0.435 e. The molecule has 0 aliphatic rings. The van der Waals surface area contributed by atoms with Gasteiger partial charge in [0, 0.05) is 25.4 Å². The monoisotopic (exact) mass is 670 g/mol. The molecule has 0 unspecified atom stereocenters. The third-order valence-electron chi connectivity index (χ3n) is 5.49. The van der Waals surface area contributed by atoms with Gasteiger partial charge in [0.05, 0.1) is 11.1 Å². The number of halogens is 8. The number of amides is 2. The second kappa shape index (κ2) is 11.1. The highest BCUT2D eigenvalue weighted by atomic mass is 127. The fourth-order valence-corrected chi connectivity index (χ4v) is 4.66. The first-order valence-electron chi connectivity index (χ1n) is 10.6. The predicted molar refractivity (Wildman–Crippen MR) is 139 cm³/mol. The number of nitrogens with one attached hydrogen (secondary N) is 2. The molecule has 0 spiro atoms. The van der Waals surface area contributed by atoms with E-state index in [1.165, 1.54) is 23.9 Å². The fourth-order valence-electron chi connectivity index (χ4n) is 3.51. The lowest BCUT2D eigenvalue weighted by molar-refractivity contribution is -0.348. The summed E-state index contributed by atoms with van der Waals surface area (Å²) in [4.78, 5) is 27.0. The molecule has 2 amide bonds. The molecule has 0 aromatic heterocycles. The Bertz CT molecular complexity index is 1350. The minimum atomic E-state index is -6.26. The van der Waals surface area contributed by atoms with Gasteiger partial charge in [-0.15, -0.1) is 11.8 Å². The van der Waals surface area contributed by atoms with E-state index in [2.05, 4.69) is 10.6 Å². The molecular formula is C25H18F7IN2O2S. The Labute approximate surface area is 230 Å². The Morgan fingerprint density at radius 2 is 1.42 bits per heavy atom. The van der Waals surface area contributed by atoms with Crippen molar-refractivity contribution in [3.8, 4) is 0 Å². The number of hydrogen-bond donors (Lipinski definition) is 2. The summed E-state index contributed by atoms with van der Waals surface area (Å²) in [5.74, 6) is -1.46. The summed E-state index contributed by atoms with van der Waals surface area (Å²) in [7, 11) is 0. The highest BCUT2D eigenvalue weighted by Crippen LogP contribution is 2.53. The zero-order valence-electron chi connectivity index (χ0n) is 19.5. The Morgan fingerprint density at radius 1 is 0.816 bits per heavy atom. The minimum absolute atomic E-state index is 0.00531. The molecule has 4 nitrogen and oxygen atoms in total. The van der Waals surface area contributed by atoms with Crippen molar-refractivity contribution in [2.75, 3.05) is 16.9 Å². The van der Waals surface area contributed by atoms with Gasteiger partial charge in [0.15, 0.2) is 0 Å². The number of hydrogen-bond acceptors (Lipinski definition) is 3. The molecule has 0 radical (unpaired) electrons. The van der Waals surface area contributed by atoms with Gasteiger partial charge in [-0.1, -0.05) is 18.2 Å². The van der Waals surface area contributed by atoms with Gasteiger partial charge in [-0.2, -0.15) is 26.3 Å². The van der Waals surface area contributed by atoms with Crippen molar-refractivity contribution in [2.45, 2.75) is 29.8 Å². The fraction of sp³-hybridized carbons (Fsp3) is 0.200. The molecule has 0 saturated carbocycles. The quantitative estimate of drug-likeness (QED) is 0.158. The van der Waals surface area contributed by atoms with E-state index in [4.69, 9.17) is 0 Å². The molecule has 0 saturated heterocycles. The van der Waals surface area contributed by atoms with Crippen molar-refractivity contribution in [3.05, 3.63) is 86.5 Å². The smallest absolute Gasteiger partial charge is 0.322 e. The highest BCUT2D eigenvalue weighted by molar-refractivity contribution is 14.1. The Balaban J connectivity index is 1.91. The molecule has 3 aromatic rings. The van der Waals surface area contributed by atoms with Crippen LogP contribution >= 0.6 is 34.4 Å². The third-order valence-corrected chi connectivity index (χ3v) is 7.13. The molecule has 38 heavy (non-hydrogen) atoms. The van der Waals surface area contributed by atoms with Crippen LogP contribution in [-0.2, 0) is 5.67 Å². The predicted octanol–water partition coefficient (Wildman–Crippen LogP) is 8.12. The Hall–Kier alpha value is -2.81. The van der Waals surface area contributed by atoms with E-state index in [-0.39, 0.29) is 22.4 Å². The molecule has 2 N–H and O–H groups in total. The number of thioether (sulfide) groups is 1. The summed E-state index contributed by atoms with van der Waals surface area (Å²) in [5, 5.41) is 5.06. The molecule has 3 aromatic carbocycles. The summed E-state index contributed by atoms with van der Waals surface area (Å²) in [6.07, 6.45) is -10.6. The van der Waals surface area contributed by atoms with Crippen LogP contribution in [0, 0.1) is 10.5 Å². The number of carbonyl (C=O) groups is 2. The average Bonchev–Trinajstić information content (AvgIpc) is 2.83. The standard InChI is InChI=1S/C25H18F7IN2O2S/c1-13-12-14(23(26,24(27,28)29)25(30,31)32)6-11-19(13)35-21(36)17-4-3-5-18(33)20(17)22(37)34-15-7-9-16(38-2)10-8-15/h3-12H,1-2H3,(H,34,37)(H,35,36). The van der Waals surface area contributed by atoms with Gasteiger partial charge >= 0.3 is 18.0 Å². The molecule has 0 heterocycles. The van der Waals surface area contributed by atoms with E-state index in [0.29, 0.717) is 21.4 Å². The Morgan fingerprint density at radius 3 is 1.95 bits per heavy atom. The topological polar surface area (TPSA) is 58.2 Å². The van der Waals surface area contributed by atoms with Crippen molar-refractivity contribution in [3.63, 3.8) is 0 Å². The lowest BCUT2D eigenvalue weighted by atomic mass is 9.92. The number of rotatable bonds is 6. The second-order valence-electron chi connectivity index (χ2n) is 7.98. The van der Waals surface area contributed by atoms with Gasteiger partial charge in [-0.3, -0.25) is 9.59 Å². The van der Waals surface area contributed by atoms with Crippen LogP contribution in [0.3, 0.4) is 0 Å². The molecule has 3 rings (SSSR count). The van der Waals surface area contributed by atoms with Gasteiger partial charge in [0.25, 0.3) is 11.8 Å². The molecule has 0 aliphatic carbocycles. The third kappa shape index (κ3) is 5.92. The van der Waals surface area contributed by atoms with Gasteiger partial charge in [0.2, 0.25) is 0 Å². The van der Waals surface area contributed by atoms with Gasteiger partial charge < -0.3 is 10.6 Å². The van der Waals surface area contributed by atoms with E-state index in [1.807, 2.05) is 28.8 Å². The number of alkyl halides is 7. The van der Waals surface area contributed by atoms with Crippen molar-refractivity contribution in [1.29, 1.82) is 0 Å². The summed E-state index contributed by atoms with van der Waals surface area (Å²) in [6.45, 7) is 1.12. The van der Waals surface area contributed by atoms with Crippen molar-refractivity contribution in [1.82, 2.24) is 0 Å². The molecule has 0 atom stereocenters. The second-order valence-corrected chi connectivity index (χ2v) is 10.0. The van der Waals surface area contributed by atoms with E-state index >= 15 is 0 Å². The first-order valence-corrected chi connectivity index (χ1v) is 12.9. The van der Waals surface area contributed by atoms with Gasteiger partial charge in [0.1, 0.15) is 0 Å². The molecular weight excluding hydrogens is 652 g/mol. The lowest BCUT2D eigenvalue weighted by Crippen LogP contribution is -2.50. The lowest BCUT2D eigenvalue weighted by Gasteiger charge is -2.30. The molecule has 202 valence electrons. The maximum absolute atomic E-state index is 14.4. The Kier molecular flexibility index (Phi) is 8.71. The van der Waals surface area contributed by atoms with Crippen LogP contribution in [-0.4, -0.2) is 30.4 Å². The summed E-state index contributed by atoms with van der Waals surface area (Å²) >= 11 is 3.36. The number of carbonyl (C=O) groups excluding carboxylic acids is 2. The van der Waals surface area contributed by atoms with Gasteiger partial charge in [-0.25, -0.2) is 4.39 Å². The highest BCUT2D eigenvalue weighted by Gasteiger charge is 2.73. The normalized spacial score (nSPS) is 12.3. The van der Waals surface area contributed by atoms with Crippen LogP contribution in [0.1, 0.15) is 31.8 Å². The van der Waals surface area contributed by atoms with E-state index in [1.54, 1.807) is 30.3 Å². The first-order chi connectivity index (χ1) is 17.6. The van der Waals surface area contributed by atoms with Crippen molar-refractivity contribution < 1.29 is 40.3 Å². The molecule has 13 heteroatoms. The first kappa shape index (κ1) is 29.7. The summed E-state index contributed by atoms with van der Waals surface area (Å²) in [5.41, 5.74) is -7.30. The zero-order chi connectivity index (χ0) is 28.5. The van der Waals surface area contributed by atoms with Crippen LogP contribution in [0.15, 0.2) is 65.6 Å². The number of anilines is 2. The maximum atomic E-state index is 14.4. The van der Waals surface area contributed by atoms with Crippen LogP contribution in [0.2, 0.25) is 0 Å². The van der Waals surface area contributed by atoms with Crippen molar-refractivity contribution in [2.24, 2.45) is 0 Å².